The third-order valence-electron chi connectivity index (χ3n) is 4.41. The number of thioether (sulfide) groups is 1. The molecule has 0 spiro atoms. The Hall–Kier alpha value is -2.47. The zero-order chi connectivity index (χ0) is 20.5. The Bertz CT molecular complexity index is 775. The van der Waals surface area contributed by atoms with Gasteiger partial charge in [-0.15, -0.1) is 11.8 Å². The van der Waals surface area contributed by atoms with Crippen molar-refractivity contribution in [3.05, 3.63) is 59.7 Å². The molecule has 150 valence electrons. The molecule has 0 heterocycles. The number of benzene rings is 2. The summed E-state index contributed by atoms with van der Waals surface area (Å²) in [6.45, 7) is 6.57. The molecule has 5 nitrogen and oxygen atoms in total. The maximum Gasteiger partial charge on any atom is 0.242 e. The highest BCUT2D eigenvalue weighted by Crippen LogP contribution is 2.21. The molecule has 0 saturated heterocycles. The predicted octanol–water partition coefficient (Wildman–Crippen LogP) is 3.65. The average molecular weight is 401 g/mol. The largest absolute Gasteiger partial charge is 0.497 e. The van der Waals surface area contributed by atoms with Crippen LogP contribution in [0.4, 0.5) is 0 Å². The van der Waals surface area contributed by atoms with E-state index in [1.807, 2.05) is 62.4 Å². The molecular weight excluding hydrogens is 372 g/mol. The lowest BCUT2D eigenvalue weighted by Crippen LogP contribution is -2.48. The molecule has 0 radical (unpaired) electrons. The second-order valence-electron chi connectivity index (χ2n) is 6.54. The van der Waals surface area contributed by atoms with Gasteiger partial charge in [0.25, 0.3) is 0 Å². The number of nitrogens with zero attached hydrogens (tertiary/aromatic N) is 1. The van der Waals surface area contributed by atoms with Crippen LogP contribution in [0.1, 0.15) is 25.0 Å². The molecule has 0 aromatic heterocycles. The van der Waals surface area contributed by atoms with Gasteiger partial charge in [0.05, 0.1) is 12.9 Å². The molecule has 6 heteroatoms. The van der Waals surface area contributed by atoms with Crippen molar-refractivity contribution in [2.45, 2.75) is 38.3 Å². The summed E-state index contributed by atoms with van der Waals surface area (Å²) >= 11 is 1.48. The van der Waals surface area contributed by atoms with Crippen molar-refractivity contribution in [2.24, 2.45) is 0 Å². The van der Waals surface area contributed by atoms with Crippen LogP contribution < -0.4 is 10.1 Å². The van der Waals surface area contributed by atoms with Crippen molar-refractivity contribution in [1.82, 2.24) is 10.2 Å². The van der Waals surface area contributed by atoms with Gasteiger partial charge in [-0.2, -0.15) is 0 Å². The van der Waals surface area contributed by atoms with Crippen LogP contribution in [0.2, 0.25) is 0 Å². The van der Waals surface area contributed by atoms with Crippen LogP contribution >= 0.6 is 11.8 Å². The summed E-state index contributed by atoms with van der Waals surface area (Å²) < 4.78 is 5.19. The first-order chi connectivity index (χ1) is 13.4. The summed E-state index contributed by atoms with van der Waals surface area (Å²) in [4.78, 5) is 28.0. The second-order valence-corrected chi connectivity index (χ2v) is 7.59. The SMILES string of the molecule is CCNC(=O)[C@H](C)N(Cc1ccc(OC)cc1)C(=O)CSc1ccc(C)cc1. The molecule has 0 bridgehead atoms. The van der Waals surface area contributed by atoms with Crippen molar-refractivity contribution in [2.75, 3.05) is 19.4 Å². The van der Waals surface area contributed by atoms with Crippen molar-refractivity contribution in [1.29, 1.82) is 0 Å². The Morgan fingerprint density at radius 3 is 2.32 bits per heavy atom. The van der Waals surface area contributed by atoms with Crippen LogP contribution in [0.25, 0.3) is 0 Å². The van der Waals surface area contributed by atoms with E-state index in [9.17, 15) is 9.59 Å². The van der Waals surface area contributed by atoms with Crippen LogP contribution in [0, 0.1) is 6.92 Å². The normalized spacial score (nSPS) is 11.6. The first-order valence-electron chi connectivity index (χ1n) is 9.34. The smallest absolute Gasteiger partial charge is 0.242 e. The highest BCUT2D eigenvalue weighted by molar-refractivity contribution is 8.00. The Labute approximate surface area is 171 Å². The number of nitrogens with one attached hydrogen (secondary N) is 1. The molecule has 0 saturated carbocycles. The summed E-state index contributed by atoms with van der Waals surface area (Å²) in [5, 5.41) is 2.81. The number of methoxy groups -OCH3 is 1. The number of likely N-dealkylation sites (N-methyl/N-ethyl adjacent to an activating group) is 1. The number of hydrogen-bond acceptors (Lipinski definition) is 4. The number of rotatable bonds is 9. The fourth-order valence-corrected chi connectivity index (χ4v) is 3.48. The summed E-state index contributed by atoms with van der Waals surface area (Å²) in [7, 11) is 1.62. The van der Waals surface area contributed by atoms with Crippen molar-refractivity contribution < 1.29 is 14.3 Å². The summed E-state index contributed by atoms with van der Waals surface area (Å²) in [6, 6.07) is 15.1. The Kier molecular flexibility index (Phi) is 8.39. The van der Waals surface area contributed by atoms with Crippen LogP contribution in [-0.2, 0) is 16.1 Å². The van der Waals surface area contributed by atoms with Gasteiger partial charge in [-0.1, -0.05) is 29.8 Å². The second kappa shape index (κ2) is 10.8. The van der Waals surface area contributed by atoms with E-state index < -0.39 is 6.04 Å². The monoisotopic (exact) mass is 400 g/mol. The topological polar surface area (TPSA) is 58.6 Å². The maximum atomic E-state index is 13.0. The first-order valence-corrected chi connectivity index (χ1v) is 10.3. The zero-order valence-electron chi connectivity index (χ0n) is 16.9. The van der Waals surface area contributed by atoms with Gasteiger partial charge in [0.15, 0.2) is 0 Å². The third-order valence-corrected chi connectivity index (χ3v) is 5.41. The van der Waals surface area contributed by atoms with Crippen molar-refractivity contribution >= 4 is 23.6 Å². The van der Waals surface area contributed by atoms with Crippen LogP contribution in [-0.4, -0.2) is 42.2 Å². The molecule has 0 unspecified atom stereocenters. The quantitative estimate of drug-likeness (QED) is 0.653. The zero-order valence-corrected chi connectivity index (χ0v) is 17.7. The lowest BCUT2D eigenvalue weighted by atomic mass is 10.1. The molecule has 2 rings (SSSR count). The molecule has 2 aromatic carbocycles. The summed E-state index contributed by atoms with van der Waals surface area (Å²) in [5.74, 6) is 0.821. The number of aryl methyl sites for hydroxylation is 1. The van der Waals surface area contributed by atoms with Crippen molar-refractivity contribution in [3.63, 3.8) is 0 Å². The number of hydrogen-bond donors (Lipinski definition) is 1. The molecule has 2 amide bonds. The molecule has 0 aliphatic carbocycles. The lowest BCUT2D eigenvalue weighted by Gasteiger charge is -2.28. The van der Waals surface area contributed by atoms with Gasteiger partial charge in [0.2, 0.25) is 11.8 Å². The summed E-state index contributed by atoms with van der Waals surface area (Å²) in [5.41, 5.74) is 2.13. The standard InChI is InChI=1S/C22H28N2O3S/c1-5-23-22(26)17(3)24(14-18-8-10-19(27-4)11-9-18)21(25)15-28-20-12-6-16(2)7-13-20/h6-13,17H,5,14-15H2,1-4H3,(H,23,26)/t17-/m0/s1. The highest BCUT2D eigenvalue weighted by atomic mass is 32.2. The maximum absolute atomic E-state index is 13.0. The molecule has 0 fully saturated rings. The molecule has 1 N–H and O–H groups in total. The van der Waals surface area contributed by atoms with E-state index in [2.05, 4.69) is 5.32 Å². The van der Waals surface area contributed by atoms with Gasteiger partial charge in [0, 0.05) is 18.0 Å². The average Bonchev–Trinajstić information content (AvgIpc) is 2.71. The third kappa shape index (κ3) is 6.30. The highest BCUT2D eigenvalue weighted by Gasteiger charge is 2.25. The number of amides is 2. The van der Waals surface area contributed by atoms with Gasteiger partial charge in [-0.05, 0) is 50.6 Å². The molecule has 0 aliphatic heterocycles. The molecule has 1 atom stereocenters. The Morgan fingerprint density at radius 1 is 1.11 bits per heavy atom. The number of ether oxygens (including phenoxy) is 1. The van der Waals surface area contributed by atoms with E-state index in [1.165, 1.54) is 17.3 Å². The molecule has 0 aliphatic rings. The van der Waals surface area contributed by atoms with E-state index in [0.717, 1.165) is 16.2 Å². The first kappa shape index (κ1) is 21.8. The number of carbonyl (C=O) groups is 2. The van der Waals surface area contributed by atoms with E-state index in [1.54, 1.807) is 18.9 Å². The van der Waals surface area contributed by atoms with Crippen LogP contribution in [0.5, 0.6) is 5.75 Å². The fraction of sp³-hybridized carbons (Fsp3) is 0.364. The van der Waals surface area contributed by atoms with Crippen LogP contribution in [0.15, 0.2) is 53.4 Å². The molecule has 28 heavy (non-hydrogen) atoms. The van der Waals surface area contributed by atoms with Gasteiger partial charge in [-0.25, -0.2) is 0 Å². The van der Waals surface area contributed by atoms with E-state index in [-0.39, 0.29) is 17.6 Å². The van der Waals surface area contributed by atoms with E-state index >= 15 is 0 Å². The van der Waals surface area contributed by atoms with Gasteiger partial charge < -0.3 is 15.0 Å². The minimum Gasteiger partial charge on any atom is -0.497 e. The van der Waals surface area contributed by atoms with Crippen molar-refractivity contribution in [3.8, 4) is 5.75 Å². The fourth-order valence-electron chi connectivity index (χ4n) is 2.69. The minimum absolute atomic E-state index is 0.0693. The van der Waals surface area contributed by atoms with Gasteiger partial charge in [0.1, 0.15) is 11.8 Å². The lowest BCUT2D eigenvalue weighted by molar-refractivity contribution is -0.138. The molecule has 2 aromatic rings. The Balaban J connectivity index is 2.11. The van der Waals surface area contributed by atoms with E-state index in [0.29, 0.717) is 13.1 Å². The van der Waals surface area contributed by atoms with Gasteiger partial charge in [-0.3, -0.25) is 9.59 Å². The molecular formula is C22H28N2O3S. The Morgan fingerprint density at radius 2 is 1.75 bits per heavy atom. The minimum atomic E-state index is -0.548. The van der Waals surface area contributed by atoms with E-state index in [4.69, 9.17) is 4.74 Å². The summed E-state index contributed by atoms with van der Waals surface area (Å²) in [6.07, 6.45) is 0. The number of carbonyl (C=O) groups excluding carboxylic acids is 2. The predicted molar refractivity (Wildman–Crippen MR) is 114 cm³/mol. The van der Waals surface area contributed by atoms with Crippen LogP contribution in [0.3, 0.4) is 0 Å². The van der Waals surface area contributed by atoms with Gasteiger partial charge >= 0.3 is 0 Å².